The molecule has 1 amide bonds. The molecule has 2 N–H and O–H groups in total. The molecule has 3 aliphatic rings. The first-order valence-corrected chi connectivity index (χ1v) is 15.3. The van der Waals surface area contributed by atoms with E-state index in [1.54, 1.807) is 59.6 Å². The van der Waals surface area contributed by atoms with Gasteiger partial charge in [-0.2, -0.15) is 0 Å². The fourth-order valence-corrected chi connectivity index (χ4v) is 5.66. The zero-order valence-electron chi connectivity index (χ0n) is 24.9. The van der Waals surface area contributed by atoms with Gasteiger partial charge < -0.3 is 38.7 Å². The van der Waals surface area contributed by atoms with Crippen molar-refractivity contribution in [3.8, 4) is 5.75 Å². The van der Waals surface area contributed by atoms with Gasteiger partial charge in [0.1, 0.15) is 29.7 Å². The predicted octanol–water partition coefficient (Wildman–Crippen LogP) is 4.92. The van der Waals surface area contributed by atoms with Crippen LogP contribution in [-0.2, 0) is 23.4 Å². The molecular weight excluding hydrogens is 599 g/mol. The molecule has 2 fully saturated rings. The number of amides is 1. The summed E-state index contributed by atoms with van der Waals surface area (Å²) in [6, 6.07) is 6.57. The van der Waals surface area contributed by atoms with E-state index in [2.05, 4.69) is 4.52 Å². The van der Waals surface area contributed by atoms with Gasteiger partial charge in [-0.15, -0.1) is 0 Å². The van der Waals surface area contributed by atoms with E-state index in [4.69, 9.17) is 24.0 Å². The summed E-state index contributed by atoms with van der Waals surface area (Å²) in [6.45, 7) is 6.74. The summed E-state index contributed by atoms with van der Waals surface area (Å²) in [5.41, 5.74) is 1.26. The van der Waals surface area contributed by atoms with Crippen LogP contribution in [0.25, 0.3) is 6.08 Å². The lowest BCUT2D eigenvalue weighted by Crippen LogP contribution is -2.64. The van der Waals surface area contributed by atoms with Crippen molar-refractivity contribution in [2.24, 2.45) is 0 Å². The highest BCUT2D eigenvalue weighted by molar-refractivity contribution is 7.46. The number of methoxy groups -OCH3 is 1. The Kier molecular flexibility index (Phi) is 8.63. The van der Waals surface area contributed by atoms with Gasteiger partial charge in [0, 0.05) is 29.9 Å². The van der Waals surface area contributed by atoms with Crippen LogP contribution in [0.3, 0.4) is 0 Å². The van der Waals surface area contributed by atoms with Gasteiger partial charge in [-0.1, -0.05) is 6.07 Å². The normalized spacial score (nSPS) is 22.6. The quantitative estimate of drug-likeness (QED) is 0.321. The second-order valence-electron chi connectivity index (χ2n) is 11.2. The molecule has 2 saturated heterocycles. The second kappa shape index (κ2) is 12.0. The molecule has 3 heterocycles. The fraction of sp³-hybridized carbons (Fsp3) is 0.367. The molecule has 236 valence electrons. The van der Waals surface area contributed by atoms with Crippen LogP contribution in [0.4, 0.5) is 14.5 Å². The Morgan fingerprint density at radius 1 is 1.11 bits per heavy atom. The molecule has 2 atom stereocenters. The molecule has 0 bridgehead atoms. The number of anilines is 1. The molecule has 14 heteroatoms. The average Bonchev–Trinajstić information content (AvgIpc) is 2.96. The Balaban J connectivity index is 1.43. The zero-order valence-corrected chi connectivity index (χ0v) is 25.8. The second-order valence-corrected chi connectivity index (χ2v) is 12.5. The monoisotopic (exact) mass is 633 g/mol. The van der Waals surface area contributed by atoms with Gasteiger partial charge >= 0.3 is 7.82 Å². The van der Waals surface area contributed by atoms with Crippen molar-refractivity contribution in [3.63, 3.8) is 0 Å². The highest BCUT2D eigenvalue weighted by Gasteiger charge is 2.50. The van der Waals surface area contributed by atoms with Crippen LogP contribution in [0.1, 0.15) is 43.5 Å². The smallest absolute Gasteiger partial charge is 0.471 e. The molecule has 11 nitrogen and oxygen atoms in total. The van der Waals surface area contributed by atoms with E-state index in [0.29, 0.717) is 28.3 Å². The molecule has 0 aromatic heterocycles. The van der Waals surface area contributed by atoms with Crippen molar-refractivity contribution >= 4 is 25.5 Å². The van der Waals surface area contributed by atoms with E-state index < -0.39 is 43.0 Å². The van der Waals surface area contributed by atoms with Crippen LogP contribution in [0, 0.1) is 18.6 Å². The first-order chi connectivity index (χ1) is 20.7. The zero-order chi connectivity index (χ0) is 32.0. The third-order valence-electron chi connectivity index (χ3n) is 7.86. The Morgan fingerprint density at radius 2 is 1.82 bits per heavy atom. The Morgan fingerprint density at radius 3 is 2.45 bits per heavy atom. The highest BCUT2D eigenvalue weighted by Crippen LogP contribution is 2.41. The number of hydrogen-bond donors (Lipinski definition) is 2. The number of morpholine rings is 2. The van der Waals surface area contributed by atoms with Crippen LogP contribution < -0.4 is 9.64 Å². The summed E-state index contributed by atoms with van der Waals surface area (Å²) in [6.07, 6.45) is 6.63. The lowest BCUT2D eigenvalue weighted by Gasteiger charge is -2.52. The molecule has 44 heavy (non-hydrogen) atoms. The van der Waals surface area contributed by atoms with Crippen molar-refractivity contribution in [3.05, 3.63) is 88.7 Å². The van der Waals surface area contributed by atoms with Crippen LogP contribution in [0.5, 0.6) is 5.75 Å². The molecule has 0 unspecified atom stereocenters. The van der Waals surface area contributed by atoms with E-state index >= 15 is 0 Å². The number of phosphoric acid groups is 1. The van der Waals surface area contributed by atoms with Crippen LogP contribution >= 0.6 is 7.82 Å². The summed E-state index contributed by atoms with van der Waals surface area (Å²) in [7, 11) is -3.12. The van der Waals surface area contributed by atoms with E-state index in [0.717, 1.165) is 0 Å². The molecule has 5 rings (SSSR count). The number of halogens is 2. The van der Waals surface area contributed by atoms with Crippen LogP contribution in [0.2, 0.25) is 0 Å². The summed E-state index contributed by atoms with van der Waals surface area (Å²) in [5, 5.41) is 0. The van der Waals surface area contributed by atoms with Crippen LogP contribution in [-0.4, -0.2) is 64.2 Å². The van der Waals surface area contributed by atoms with Crippen molar-refractivity contribution in [2.75, 3.05) is 32.0 Å². The van der Waals surface area contributed by atoms with Gasteiger partial charge in [-0.25, -0.2) is 13.3 Å². The first-order valence-electron chi connectivity index (χ1n) is 13.7. The molecule has 0 aliphatic carbocycles. The molecule has 0 radical (unpaired) electrons. The number of carbonyl (C=O) groups is 1. The van der Waals surface area contributed by atoms with Gasteiger partial charge in [-0.05, 0) is 69.2 Å². The standard InChI is InChI=1S/C30H34F2N3O8P/c1-18-14-33(8-9-34(18)17-42-44(37,38)39)24-7-6-20(10-26(24)40-5)11-27-29(36)35-25(15-41-16-28(35)30(3,4)43-27)21-12-22(31)19(2)23(32)13-21/h6-14,25,28H,15-17H2,1-5H3,(H2,37,38,39)/b27-11-/t25-,28+/m0/s1. The van der Waals surface area contributed by atoms with Gasteiger partial charge in [0.05, 0.1) is 38.1 Å². The third-order valence-corrected chi connectivity index (χ3v) is 8.31. The van der Waals surface area contributed by atoms with Gasteiger partial charge in [0.15, 0.2) is 5.76 Å². The fourth-order valence-electron chi connectivity index (χ4n) is 5.38. The van der Waals surface area contributed by atoms with Crippen molar-refractivity contribution in [2.45, 2.75) is 45.4 Å². The lowest BCUT2D eigenvalue weighted by atomic mass is 9.89. The average molecular weight is 634 g/mol. The minimum atomic E-state index is -4.63. The predicted molar refractivity (Wildman–Crippen MR) is 157 cm³/mol. The third kappa shape index (κ3) is 6.38. The van der Waals surface area contributed by atoms with Gasteiger partial charge in [0.2, 0.25) is 0 Å². The maximum Gasteiger partial charge on any atom is 0.471 e. The van der Waals surface area contributed by atoms with Crippen molar-refractivity contribution in [1.82, 2.24) is 9.80 Å². The molecule has 2 aromatic carbocycles. The number of rotatable bonds is 7. The number of allylic oxidation sites excluding steroid dienone is 1. The Bertz CT molecular complexity index is 1580. The number of ether oxygens (including phenoxy) is 3. The Labute approximate surface area is 253 Å². The molecule has 0 saturated carbocycles. The topological polar surface area (TPSA) is 121 Å². The van der Waals surface area contributed by atoms with E-state index in [1.807, 2.05) is 13.8 Å². The maximum atomic E-state index is 14.5. The lowest BCUT2D eigenvalue weighted by molar-refractivity contribution is -0.184. The maximum absolute atomic E-state index is 14.5. The SMILES string of the molecule is COc1cc(/C=C2\OC(C)(C)[C@H]3COC[C@@H](c4cc(F)c(C)c(F)c4)N3C2=O)ccc1N1C=CN(COP(=O)(O)O)C(C)=C1. The largest absolute Gasteiger partial charge is 0.495 e. The molecule has 3 aliphatic heterocycles. The minimum absolute atomic E-state index is 0.0651. The van der Waals surface area contributed by atoms with Gasteiger partial charge in [0.25, 0.3) is 5.91 Å². The number of benzene rings is 2. The van der Waals surface area contributed by atoms with Crippen LogP contribution in [0.15, 0.2) is 60.4 Å². The Hall–Kier alpha value is -3.74. The van der Waals surface area contributed by atoms with E-state index in [-0.39, 0.29) is 31.3 Å². The first kappa shape index (κ1) is 31.7. The number of phosphoric ester groups is 1. The highest BCUT2D eigenvalue weighted by atomic mass is 31.2. The number of nitrogens with zero attached hydrogens (tertiary/aromatic N) is 3. The summed E-state index contributed by atoms with van der Waals surface area (Å²) >= 11 is 0. The van der Waals surface area contributed by atoms with Crippen molar-refractivity contribution in [1.29, 1.82) is 0 Å². The molecular formula is C30H34F2N3O8P. The summed E-state index contributed by atoms with van der Waals surface area (Å²) in [5.74, 6) is -1.28. The number of hydrogen-bond acceptors (Lipinski definition) is 8. The molecule has 2 aromatic rings. The summed E-state index contributed by atoms with van der Waals surface area (Å²) < 4.78 is 62.3. The number of carbonyl (C=O) groups excluding carboxylic acids is 1. The van der Waals surface area contributed by atoms with Gasteiger partial charge in [-0.3, -0.25) is 9.32 Å². The van der Waals surface area contributed by atoms with Crippen molar-refractivity contribution < 1.29 is 46.7 Å². The summed E-state index contributed by atoms with van der Waals surface area (Å²) in [4.78, 5) is 36.8. The minimum Gasteiger partial charge on any atom is -0.495 e. The van der Waals surface area contributed by atoms with E-state index in [1.165, 1.54) is 31.1 Å². The number of fused-ring (bicyclic) bond motifs is 1. The van der Waals surface area contributed by atoms with E-state index in [9.17, 15) is 18.1 Å². The molecule has 0 spiro atoms.